The Labute approximate surface area is 174 Å². The molecule has 0 bridgehead atoms. The van der Waals surface area contributed by atoms with Crippen LogP contribution in [0, 0.1) is 6.92 Å². The summed E-state index contributed by atoms with van der Waals surface area (Å²) in [7, 11) is 0. The number of carbonyl (C=O) groups excluding carboxylic acids is 1. The lowest BCUT2D eigenvalue weighted by Crippen LogP contribution is -3.14. The number of carbonyl (C=O) groups is 1. The molecule has 2 aromatic carbocycles. The summed E-state index contributed by atoms with van der Waals surface area (Å²) in [5, 5.41) is 3.05. The molecule has 156 valence electrons. The summed E-state index contributed by atoms with van der Waals surface area (Å²) in [6.07, 6.45) is 0. The fourth-order valence-corrected chi connectivity index (χ4v) is 3.85. The number of likely N-dealkylation sites (N-methyl/N-ethyl adjacent to an activating group) is 1. The van der Waals surface area contributed by atoms with E-state index in [-0.39, 0.29) is 12.5 Å². The topological polar surface area (TPSA) is 46.0 Å². The van der Waals surface area contributed by atoms with Crippen LogP contribution in [0.5, 0.6) is 5.75 Å². The Morgan fingerprint density at radius 1 is 1.17 bits per heavy atom. The van der Waals surface area contributed by atoms with E-state index in [1.807, 2.05) is 31.2 Å². The number of anilines is 2. The predicted molar refractivity (Wildman–Crippen MR) is 119 cm³/mol. The van der Waals surface area contributed by atoms with Crippen molar-refractivity contribution < 1.29 is 14.4 Å². The first-order chi connectivity index (χ1) is 14.0. The van der Waals surface area contributed by atoms with Crippen molar-refractivity contribution in [1.82, 2.24) is 0 Å². The molecule has 29 heavy (non-hydrogen) atoms. The SMILES string of the molecule is CC[NH+]1CCN(c2ccccc2NC(=O)COc2cc(C)ccc2C(C)C)CC1. The highest BCUT2D eigenvalue weighted by atomic mass is 16.5. The molecule has 0 aliphatic carbocycles. The second-order valence-corrected chi connectivity index (χ2v) is 8.14. The number of hydrogen-bond donors (Lipinski definition) is 2. The van der Waals surface area contributed by atoms with Crippen molar-refractivity contribution in [3.05, 3.63) is 53.6 Å². The maximum absolute atomic E-state index is 12.6. The molecule has 1 amide bonds. The van der Waals surface area contributed by atoms with Gasteiger partial charge in [-0.3, -0.25) is 4.79 Å². The van der Waals surface area contributed by atoms with Gasteiger partial charge in [0.05, 0.1) is 44.1 Å². The van der Waals surface area contributed by atoms with Crippen LogP contribution in [-0.4, -0.2) is 45.2 Å². The number of rotatable bonds is 7. The second kappa shape index (κ2) is 9.79. The second-order valence-electron chi connectivity index (χ2n) is 8.14. The fraction of sp³-hybridized carbons (Fsp3) is 0.458. The van der Waals surface area contributed by atoms with E-state index in [1.54, 1.807) is 4.90 Å². The van der Waals surface area contributed by atoms with Crippen molar-refractivity contribution >= 4 is 17.3 Å². The lowest BCUT2D eigenvalue weighted by Gasteiger charge is -2.34. The molecule has 1 aliphatic rings. The van der Waals surface area contributed by atoms with Gasteiger partial charge < -0.3 is 19.9 Å². The quantitative estimate of drug-likeness (QED) is 0.757. The molecule has 1 fully saturated rings. The minimum absolute atomic E-state index is 0.00523. The van der Waals surface area contributed by atoms with Crippen molar-refractivity contribution in [3.8, 4) is 5.75 Å². The fourth-order valence-electron chi connectivity index (χ4n) is 3.85. The van der Waals surface area contributed by atoms with Gasteiger partial charge in [-0.05, 0) is 49.1 Å². The molecule has 5 nitrogen and oxygen atoms in total. The van der Waals surface area contributed by atoms with Crippen LogP contribution in [0.4, 0.5) is 11.4 Å². The minimum atomic E-state index is -0.133. The summed E-state index contributed by atoms with van der Waals surface area (Å²) in [4.78, 5) is 16.6. The molecule has 0 atom stereocenters. The smallest absolute Gasteiger partial charge is 0.262 e. The third-order valence-electron chi connectivity index (χ3n) is 5.64. The first-order valence-corrected chi connectivity index (χ1v) is 10.7. The van der Waals surface area contributed by atoms with Crippen LogP contribution in [0.3, 0.4) is 0 Å². The Morgan fingerprint density at radius 2 is 1.90 bits per heavy atom. The Morgan fingerprint density at radius 3 is 2.59 bits per heavy atom. The zero-order valence-corrected chi connectivity index (χ0v) is 18.1. The molecule has 2 aromatic rings. The maximum Gasteiger partial charge on any atom is 0.262 e. The number of quaternary nitrogens is 1. The normalized spacial score (nSPS) is 14.9. The maximum atomic E-state index is 12.6. The van der Waals surface area contributed by atoms with Crippen LogP contribution < -0.4 is 19.9 Å². The first-order valence-electron chi connectivity index (χ1n) is 10.7. The minimum Gasteiger partial charge on any atom is -0.483 e. The van der Waals surface area contributed by atoms with Gasteiger partial charge in [0.15, 0.2) is 6.61 Å². The number of amides is 1. The highest BCUT2D eigenvalue weighted by Gasteiger charge is 2.21. The molecule has 1 saturated heterocycles. The zero-order chi connectivity index (χ0) is 20.8. The molecule has 2 N–H and O–H groups in total. The number of nitrogens with one attached hydrogen (secondary N) is 2. The van der Waals surface area contributed by atoms with E-state index in [4.69, 9.17) is 4.74 Å². The van der Waals surface area contributed by atoms with Crippen LogP contribution in [0.15, 0.2) is 42.5 Å². The summed E-state index contributed by atoms with van der Waals surface area (Å²) < 4.78 is 5.90. The standard InChI is InChI=1S/C24H33N3O2/c1-5-26-12-14-27(15-13-26)22-9-7-6-8-21(22)25-24(28)17-29-23-16-19(4)10-11-20(23)18(2)3/h6-11,16,18H,5,12-15,17H2,1-4H3,(H,25,28)/p+1. The predicted octanol–water partition coefficient (Wildman–Crippen LogP) is 2.86. The summed E-state index contributed by atoms with van der Waals surface area (Å²) in [5.74, 6) is 1.01. The molecule has 5 heteroatoms. The highest BCUT2D eigenvalue weighted by Crippen LogP contribution is 2.28. The molecule has 0 saturated carbocycles. The molecule has 0 aromatic heterocycles. The third-order valence-corrected chi connectivity index (χ3v) is 5.64. The van der Waals surface area contributed by atoms with E-state index >= 15 is 0 Å². The van der Waals surface area contributed by atoms with Gasteiger partial charge in [0.25, 0.3) is 5.91 Å². The Kier molecular flexibility index (Phi) is 7.15. The zero-order valence-electron chi connectivity index (χ0n) is 18.1. The van der Waals surface area contributed by atoms with E-state index in [2.05, 4.69) is 49.2 Å². The van der Waals surface area contributed by atoms with Gasteiger partial charge in [0.2, 0.25) is 0 Å². The van der Waals surface area contributed by atoms with Crippen molar-refractivity contribution in [2.75, 3.05) is 49.5 Å². The van der Waals surface area contributed by atoms with Crippen LogP contribution >= 0.6 is 0 Å². The number of piperazine rings is 1. The van der Waals surface area contributed by atoms with Gasteiger partial charge in [0, 0.05) is 0 Å². The molecule has 0 unspecified atom stereocenters. The van der Waals surface area contributed by atoms with Crippen LogP contribution in [-0.2, 0) is 4.79 Å². The summed E-state index contributed by atoms with van der Waals surface area (Å²) >= 11 is 0. The van der Waals surface area contributed by atoms with E-state index < -0.39 is 0 Å². The summed E-state index contributed by atoms with van der Waals surface area (Å²) in [6.45, 7) is 14.0. The van der Waals surface area contributed by atoms with E-state index in [1.165, 1.54) is 6.54 Å². The molecule has 1 heterocycles. The van der Waals surface area contributed by atoms with Gasteiger partial charge in [-0.1, -0.05) is 38.1 Å². The molecular formula is C24H34N3O2+. The van der Waals surface area contributed by atoms with Crippen molar-refractivity contribution in [3.63, 3.8) is 0 Å². The molecular weight excluding hydrogens is 362 g/mol. The van der Waals surface area contributed by atoms with Gasteiger partial charge in [-0.2, -0.15) is 0 Å². The van der Waals surface area contributed by atoms with Gasteiger partial charge >= 0.3 is 0 Å². The van der Waals surface area contributed by atoms with Crippen LogP contribution in [0.2, 0.25) is 0 Å². The van der Waals surface area contributed by atoms with Crippen molar-refractivity contribution in [2.24, 2.45) is 0 Å². The van der Waals surface area contributed by atoms with Crippen LogP contribution in [0.25, 0.3) is 0 Å². The number of aryl methyl sites for hydroxylation is 1. The highest BCUT2D eigenvalue weighted by molar-refractivity contribution is 5.95. The monoisotopic (exact) mass is 396 g/mol. The first kappa shape index (κ1) is 21.2. The summed E-state index contributed by atoms with van der Waals surface area (Å²) in [6, 6.07) is 14.2. The number of benzene rings is 2. The number of ether oxygens (including phenoxy) is 1. The van der Waals surface area contributed by atoms with E-state index in [9.17, 15) is 4.79 Å². The van der Waals surface area contributed by atoms with Gasteiger partial charge in [0.1, 0.15) is 5.75 Å². The molecule has 0 radical (unpaired) electrons. The van der Waals surface area contributed by atoms with Gasteiger partial charge in [-0.15, -0.1) is 0 Å². The van der Waals surface area contributed by atoms with Crippen LogP contribution in [0.1, 0.15) is 37.8 Å². The molecule has 3 rings (SSSR count). The largest absolute Gasteiger partial charge is 0.483 e. The lowest BCUT2D eigenvalue weighted by molar-refractivity contribution is -0.898. The number of para-hydroxylation sites is 2. The average Bonchev–Trinajstić information content (AvgIpc) is 2.72. The molecule has 1 aliphatic heterocycles. The number of hydrogen-bond acceptors (Lipinski definition) is 3. The summed E-state index contributed by atoms with van der Waals surface area (Å²) in [5.41, 5.74) is 4.20. The lowest BCUT2D eigenvalue weighted by atomic mass is 10.0. The average molecular weight is 397 g/mol. The Hall–Kier alpha value is -2.53. The number of nitrogens with zero attached hydrogens (tertiary/aromatic N) is 1. The Bertz CT molecular complexity index is 827. The van der Waals surface area contributed by atoms with E-state index in [0.29, 0.717) is 5.92 Å². The van der Waals surface area contributed by atoms with Crippen molar-refractivity contribution in [1.29, 1.82) is 0 Å². The third kappa shape index (κ3) is 5.51. The van der Waals surface area contributed by atoms with E-state index in [0.717, 1.165) is 54.4 Å². The van der Waals surface area contributed by atoms with Gasteiger partial charge in [-0.25, -0.2) is 0 Å². The van der Waals surface area contributed by atoms with Crippen molar-refractivity contribution in [2.45, 2.75) is 33.6 Å². The Balaban J connectivity index is 1.64. The molecule has 0 spiro atoms.